The number of carbonyl (C=O) groups is 2. The third kappa shape index (κ3) is 7.07. The molecular weight excluding hydrogens is 601 g/mol. The van der Waals surface area contributed by atoms with Gasteiger partial charge in [0, 0.05) is 74.1 Å². The average Bonchev–Trinajstić information content (AvgIpc) is 3.57. The highest BCUT2D eigenvalue weighted by Gasteiger charge is 2.40. The minimum absolute atomic E-state index is 0.00181. The molecule has 2 aliphatic rings. The van der Waals surface area contributed by atoms with Crippen LogP contribution in [-0.2, 0) is 29.2 Å². The molecule has 3 aromatic rings. The van der Waals surface area contributed by atoms with E-state index in [2.05, 4.69) is 49.9 Å². The first-order valence-corrected chi connectivity index (χ1v) is 15.3. The summed E-state index contributed by atoms with van der Waals surface area (Å²) in [6.07, 6.45) is 2.23. The minimum atomic E-state index is -0.327. The zero-order valence-corrected chi connectivity index (χ0v) is 26.3. The fourth-order valence-electron chi connectivity index (χ4n) is 6.03. The fourth-order valence-corrected chi connectivity index (χ4v) is 6.28. The van der Waals surface area contributed by atoms with Crippen molar-refractivity contribution in [1.82, 2.24) is 29.7 Å². The molecule has 1 aromatic heterocycles. The Morgan fingerprint density at radius 1 is 1.12 bits per heavy atom. The van der Waals surface area contributed by atoms with Crippen LogP contribution in [0.4, 0.5) is 10.1 Å². The molecule has 224 valence electrons. The Labute approximate surface area is 255 Å². The first-order valence-electron chi connectivity index (χ1n) is 14.5. The molecule has 0 saturated carbocycles. The van der Waals surface area contributed by atoms with Crippen LogP contribution in [0.3, 0.4) is 0 Å². The predicted octanol–water partition coefficient (Wildman–Crippen LogP) is 4.09. The first kappa shape index (κ1) is 30.3. The van der Waals surface area contributed by atoms with E-state index in [-0.39, 0.29) is 42.1 Å². The molecule has 0 N–H and O–H groups in total. The summed E-state index contributed by atoms with van der Waals surface area (Å²) in [6.45, 7) is 10.7. The summed E-state index contributed by atoms with van der Waals surface area (Å²) >= 11 is 3.51. The standard InChI is InChI=1S/C31H39BrFN7O2/c1-21-12-28(8-9-29(21)32)40-18-25(14-30(40)41)31(42)37-15-22(2)39(23(3)16-37)20-27-19-38(35-34-27)11-10-36(4)17-24-6-5-7-26(33)13-24/h5-9,12-13,19,22-23,25H,10-11,14-18,20H2,1-4H3/t22-,23+,25?. The maximum absolute atomic E-state index is 13.5. The van der Waals surface area contributed by atoms with Gasteiger partial charge in [0.1, 0.15) is 5.82 Å². The lowest BCUT2D eigenvalue weighted by molar-refractivity contribution is -0.140. The van der Waals surface area contributed by atoms with Crippen LogP contribution in [0.5, 0.6) is 0 Å². The van der Waals surface area contributed by atoms with E-state index in [0.29, 0.717) is 39.3 Å². The SMILES string of the molecule is Cc1cc(N2CC(C(=O)N3C[C@@H](C)N(Cc4cn(CCN(C)Cc5cccc(F)c5)nn4)[C@@H](C)C3)CC2=O)ccc1Br. The zero-order chi connectivity index (χ0) is 30.0. The van der Waals surface area contributed by atoms with Crippen molar-refractivity contribution in [2.45, 2.75) is 58.9 Å². The molecule has 5 rings (SSSR count). The van der Waals surface area contributed by atoms with Crippen LogP contribution >= 0.6 is 15.9 Å². The molecule has 0 aliphatic carbocycles. The quantitative estimate of drug-likeness (QED) is 0.351. The molecule has 9 nitrogen and oxygen atoms in total. The van der Waals surface area contributed by atoms with E-state index in [9.17, 15) is 14.0 Å². The van der Waals surface area contributed by atoms with E-state index in [1.165, 1.54) is 6.07 Å². The van der Waals surface area contributed by atoms with Gasteiger partial charge in [0.25, 0.3) is 0 Å². The smallest absolute Gasteiger partial charge is 0.228 e. The number of amides is 2. The Bertz CT molecular complexity index is 1420. The van der Waals surface area contributed by atoms with Crippen LogP contribution in [0.25, 0.3) is 0 Å². The Morgan fingerprint density at radius 3 is 2.60 bits per heavy atom. The maximum Gasteiger partial charge on any atom is 0.228 e. The van der Waals surface area contributed by atoms with Gasteiger partial charge in [0.2, 0.25) is 11.8 Å². The molecule has 0 radical (unpaired) electrons. The number of aromatic nitrogens is 3. The minimum Gasteiger partial charge on any atom is -0.339 e. The third-order valence-corrected chi connectivity index (χ3v) is 9.21. The van der Waals surface area contributed by atoms with Gasteiger partial charge in [-0.2, -0.15) is 0 Å². The summed E-state index contributed by atoms with van der Waals surface area (Å²) in [4.78, 5) is 34.5. The summed E-state index contributed by atoms with van der Waals surface area (Å²) in [5.74, 6) is -0.488. The number of piperazine rings is 1. The second-order valence-corrected chi connectivity index (χ2v) is 12.6. The van der Waals surface area contributed by atoms with Crippen molar-refractivity contribution in [3.8, 4) is 0 Å². The van der Waals surface area contributed by atoms with Gasteiger partial charge >= 0.3 is 0 Å². The van der Waals surface area contributed by atoms with Gasteiger partial charge in [-0.15, -0.1) is 5.10 Å². The average molecular weight is 641 g/mol. The summed E-state index contributed by atoms with van der Waals surface area (Å²) in [5.41, 5.74) is 3.73. The number of rotatable bonds is 9. The maximum atomic E-state index is 13.5. The van der Waals surface area contributed by atoms with Crippen molar-refractivity contribution in [2.75, 3.05) is 38.1 Å². The largest absolute Gasteiger partial charge is 0.339 e. The summed E-state index contributed by atoms with van der Waals surface area (Å²) in [5, 5.41) is 8.72. The number of halogens is 2. The molecule has 2 fully saturated rings. The number of anilines is 1. The van der Waals surface area contributed by atoms with Crippen LogP contribution in [0.15, 0.2) is 53.1 Å². The molecule has 3 atom stereocenters. The number of hydrogen-bond acceptors (Lipinski definition) is 6. The molecule has 0 spiro atoms. The number of aryl methyl sites for hydroxylation is 1. The molecule has 1 unspecified atom stereocenters. The van der Waals surface area contributed by atoms with E-state index in [0.717, 1.165) is 33.5 Å². The van der Waals surface area contributed by atoms with E-state index in [1.54, 1.807) is 17.0 Å². The molecule has 2 saturated heterocycles. The molecule has 2 amide bonds. The van der Waals surface area contributed by atoms with Crippen LogP contribution in [0.2, 0.25) is 0 Å². The van der Waals surface area contributed by atoms with Gasteiger partial charge in [-0.05, 0) is 69.3 Å². The predicted molar refractivity (Wildman–Crippen MR) is 163 cm³/mol. The number of carbonyl (C=O) groups excluding carboxylic acids is 2. The lowest BCUT2D eigenvalue weighted by Gasteiger charge is -2.44. The second kappa shape index (κ2) is 13.0. The number of benzene rings is 2. The third-order valence-electron chi connectivity index (χ3n) is 8.32. The topological polar surface area (TPSA) is 77.8 Å². The van der Waals surface area contributed by atoms with Crippen molar-refractivity contribution >= 4 is 33.4 Å². The van der Waals surface area contributed by atoms with Crippen molar-refractivity contribution in [1.29, 1.82) is 0 Å². The van der Waals surface area contributed by atoms with Crippen LogP contribution in [0, 0.1) is 18.7 Å². The highest BCUT2D eigenvalue weighted by atomic mass is 79.9. The van der Waals surface area contributed by atoms with Gasteiger partial charge in [-0.25, -0.2) is 4.39 Å². The zero-order valence-electron chi connectivity index (χ0n) is 24.7. The van der Waals surface area contributed by atoms with E-state index >= 15 is 0 Å². The van der Waals surface area contributed by atoms with Crippen molar-refractivity contribution in [3.63, 3.8) is 0 Å². The van der Waals surface area contributed by atoms with Gasteiger partial charge in [0.15, 0.2) is 0 Å². The van der Waals surface area contributed by atoms with Crippen molar-refractivity contribution < 1.29 is 14.0 Å². The van der Waals surface area contributed by atoms with E-state index < -0.39 is 0 Å². The molecule has 42 heavy (non-hydrogen) atoms. The summed E-state index contributed by atoms with van der Waals surface area (Å²) < 4.78 is 16.3. The van der Waals surface area contributed by atoms with Gasteiger partial charge in [-0.1, -0.05) is 33.3 Å². The van der Waals surface area contributed by atoms with Gasteiger partial charge in [-0.3, -0.25) is 19.2 Å². The molecule has 2 aliphatic heterocycles. The van der Waals surface area contributed by atoms with Crippen molar-refractivity contribution in [3.05, 3.63) is 75.8 Å². The second-order valence-electron chi connectivity index (χ2n) is 11.8. The Morgan fingerprint density at radius 2 is 1.88 bits per heavy atom. The highest BCUT2D eigenvalue weighted by molar-refractivity contribution is 9.10. The number of nitrogens with zero attached hydrogens (tertiary/aromatic N) is 7. The Hall–Kier alpha value is -3.15. The van der Waals surface area contributed by atoms with Gasteiger partial charge in [0.05, 0.1) is 18.2 Å². The first-order chi connectivity index (χ1) is 20.1. The fraction of sp³-hybridized carbons (Fsp3) is 0.484. The molecule has 2 aromatic carbocycles. The Balaban J connectivity index is 1.12. The van der Waals surface area contributed by atoms with E-state index in [4.69, 9.17) is 0 Å². The van der Waals surface area contributed by atoms with Crippen molar-refractivity contribution in [2.24, 2.45) is 5.92 Å². The molecule has 11 heteroatoms. The monoisotopic (exact) mass is 639 g/mol. The summed E-state index contributed by atoms with van der Waals surface area (Å²) in [7, 11) is 2.01. The molecule has 0 bridgehead atoms. The van der Waals surface area contributed by atoms with Crippen LogP contribution in [-0.4, -0.2) is 86.8 Å². The molecule has 3 heterocycles. The highest BCUT2D eigenvalue weighted by Crippen LogP contribution is 2.30. The Kier molecular flexibility index (Phi) is 9.39. The van der Waals surface area contributed by atoms with Crippen LogP contribution < -0.4 is 4.90 Å². The number of hydrogen-bond donors (Lipinski definition) is 0. The molecular formula is C31H39BrFN7O2. The van der Waals surface area contributed by atoms with Gasteiger partial charge < -0.3 is 14.7 Å². The lowest BCUT2D eigenvalue weighted by Crippen LogP contribution is -2.58. The number of likely N-dealkylation sites (N-methyl/N-ethyl adjacent to an activating group) is 1. The summed E-state index contributed by atoms with van der Waals surface area (Å²) in [6, 6.07) is 12.8. The normalized spacial score (nSPS) is 21.5. The van der Waals surface area contributed by atoms with E-state index in [1.807, 2.05) is 54.0 Å². The van der Waals surface area contributed by atoms with Crippen LogP contribution in [0.1, 0.15) is 37.1 Å². The lowest BCUT2D eigenvalue weighted by atomic mass is 10.0.